The third-order valence-corrected chi connectivity index (χ3v) is 5.08. The second-order valence-electron chi connectivity index (χ2n) is 7.27. The number of ether oxygens (including phenoxy) is 1. The second-order valence-corrected chi connectivity index (χ2v) is 7.68. The van der Waals surface area contributed by atoms with Gasteiger partial charge in [-0.25, -0.2) is 4.79 Å². The molecule has 0 spiro atoms. The van der Waals surface area contributed by atoms with E-state index >= 15 is 0 Å². The summed E-state index contributed by atoms with van der Waals surface area (Å²) in [6.07, 6.45) is 0. The zero-order valence-corrected chi connectivity index (χ0v) is 17.6. The number of benzene rings is 2. The average molecular weight is 413 g/mol. The van der Waals surface area contributed by atoms with Crippen molar-refractivity contribution >= 4 is 35.0 Å². The smallest absolute Gasteiger partial charge is 0.344 e. The summed E-state index contributed by atoms with van der Waals surface area (Å²) in [6, 6.07) is 14.2. The van der Waals surface area contributed by atoms with Gasteiger partial charge in [0.1, 0.15) is 11.3 Å². The Morgan fingerprint density at radius 1 is 1.17 bits per heavy atom. The normalized spacial score (nSPS) is 18.6. The minimum absolute atomic E-state index is 0.140. The van der Waals surface area contributed by atoms with Gasteiger partial charge < -0.3 is 15.4 Å². The quantitative estimate of drug-likeness (QED) is 0.515. The number of urea groups is 1. The molecular weight excluding hydrogens is 388 g/mol. The van der Waals surface area contributed by atoms with Crippen LogP contribution in [0.5, 0.6) is 5.75 Å². The number of anilines is 1. The van der Waals surface area contributed by atoms with Gasteiger partial charge in [0.25, 0.3) is 5.91 Å². The van der Waals surface area contributed by atoms with E-state index in [-0.39, 0.29) is 5.11 Å². The molecule has 0 bridgehead atoms. The first-order valence-corrected chi connectivity index (χ1v) is 9.64. The van der Waals surface area contributed by atoms with Crippen LogP contribution in [0.2, 0.25) is 0 Å². The van der Waals surface area contributed by atoms with Crippen LogP contribution in [-0.4, -0.2) is 29.2 Å². The van der Waals surface area contributed by atoms with E-state index in [0.717, 1.165) is 10.7 Å². The Bertz CT molecular complexity index is 945. The van der Waals surface area contributed by atoms with Gasteiger partial charge >= 0.3 is 6.03 Å². The van der Waals surface area contributed by atoms with Crippen LogP contribution in [-0.2, 0) is 10.3 Å². The third-order valence-electron chi connectivity index (χ3n) is 4.89. The van der Waals surface area contributed by atoms with E-state index in [1.54, 1.807) is 38.3 Å². The molecule has 0 saturated carbocycles. The van der Waals surface area contributed by atoms with Gasteiger partial charge in [0.15, 0.2) is 5.11 Å². The van der Waals surface area contributed by atoms with Crippen molar-refractivity contribution in [2.24, 2.45) is 0 Å². The first-order valence-electron chi connectivity index (χ1n) is 9.23. The maximum Gasteiger partial charge on any atom is 0.344 e. The van der Waals surface area contributed by atoms with Gasteiger partial charge in [-0.15, -0.1) is 0 Å². The molecule has 0 aromatic heterocycles. The zero-order chi connectivity index (χ0) is 21.2. The Morgan fingerprint density at radius 2 is 1.86 bits per heavy atom. The van der Waals surface area contributed by atoms with Crippen LogP contribution in [0.15, 0.2) is 48.5 Å². The van der Waals surface area contributed by atoms with E-state index in [1.165, 1.54) is 5.56 Å². The number of carbonyl (C=O) groups excluding carboxylic acids is 2. The molecule has 29 heavy (non-hydrogen) atoms. The maximum atomic E-state index is 13.0. The summed E-state index contributed by atoms with van der Waals surface area (Å²) in [7, 11) is 1.54. The Hall–Kier alpha value is -3.13. The van der Waals surface area contributed by atoms with Crippen molar-refractivity contribution in [2.75, 3.05) is 12.4 Å². The molecule has 7 nitrogen and oxygen atoms in total. The number of methoxy groups -OCH3 is 1. The van der Waals surface area contributed by atoms with Crippen LogP contribution >= 0.6 is 12.2 Å². The molecule has 0 radical (unpaired) electrons. The standard InChI is InChI=1S/C21H24N4O3S/c1-13(2)14-8-10-16(11-9-14)22-19(29)24-25-18(26)21(3,23-20(25)27)15-6-5-7-17(12-15)28-4/h5-13H,1-4H3,(H,23,27)(H2,22,24,29)/t21-/m0/s1. The molecule has 1 aliphatic heterocycles. The molecule has 3 amide bonds. The molecule has 0 aliphatic carbocycles. The van der Waals surface area contributed by atoms with Crippen molar-refractivity contribution < 1.29 is 14.3 Å². The minimum Gasteiger partial charge on any atom is -0.497 e. The summed E-state index contributed by atoms with van der Waals surface area (Å²) >= 11 is 5.28. The summed E-state index contributed by atoms with van der Waals surface area (Å²) in [5.41, 5.74) is 4.03. The van der Waals surface area contributed by atoms with Crippen LogP contribution in [0.1, 0.15) is 37.8 Å². The fourth-order valence-electron chi connectivity index (χ4n) is 3.08. The SMILES string of the molecule is COc1cccc([C@]2(C)NC(=O)N(NC(=S)Nc3ccc(C(C)C)cc3)C2=O)c1. The number of hydrogen-bond donors (Lipinski definition) is 3. The molecule has 3 N–H and O–H groups in total. The fourth-order valence-corrected chi connectivity index (χ4v) is 3.29. The molecule has 2 aromatic carbocycles. The molecule has 1 fully saturated rings. The number of nitrogens with one attached hydrogen (secondary N) is 3. The van der Waals surface area contributed by atoms with Gasteiger partial charge in [0.05, 0.1) is 7.11 Å². The molecular formula is C21H24N4O3S. The summed E-state index contributed by atoms with van der Waals surface area (Å²) in [5.74, 6) is 0.559. The van der Waals surface area contributed by atoms with Crippen LogP contribution < -0.4 is 20.8 Å². The predicted molar refractivity (Wildman–Crippen MR) is 116 cm³/mol. The van der Waals surface area contributed by atoms with Gasteiger partial charge in [0, 0.05) is 5.69 Å². The number of hydrogen-bond acceptors (Lipinski definition) is 4. The molecule has 2 aromatic rings. The number of carbonyl (C=O) groups is 2. The van der Waals surface area contributed by atoms with Crippen LogP contribution in [0.3, 0.4) is 0 Å². The lowest BCUT2D eigenvalue weighted by Crippen LogP contribution is -2.49. The van der Waals surface area contributed by atoms with Crippen molar-refractivity contribution in [1.82, 2.24) is 15.8 Å². The summed E-state index contributed by atoms with van der Waals surface area (Å²) < 4.78 is 5.22. The van der Waals surface area contributed by atoms with Crippen molar-refractivity contribution in [1.29, 1.82) is 0 Å². The Kier molecular flexibility index (Phi) is 5.74. The molecule has 1 heterocycles. The van der Waals surface area contributed by atoms with E-state index < -0.39 is 17.5 Å². The van der Waals surface area contributed by atoms with Crippen molar-refractivity contribution in [2.45, 2.75) is 32.2 Å². The van der Waals surface area contributed by atoms with E-state index in [4.69, 9.17) is 17.0 Å². The topological polar surface area (TPSA) is 82.7 Å². The number of amides is 3. The summed E-state index contributed by atoms with van der Waals surface area (Å²) in [5, 5.41) is 6.73. The molecule has 3 rings (SSSR count). The first kappa shape index (κ1) is 20.6. The largest absolute Gasteiger partial charge is 0.497 e. The average Bonchev–Trinajstić information content (AvgIpc) is 2.92. The second kappa shape index (κ2) is 8.08. The van der Waals surface area contributed by atoms with Crippen LogP contribution in [0, 0.1) is 0 Å². The number of rotatable bonds is 5. The van der Waals surface area contributed by atoms with E-state index in [1.807, 2.05) is 24.3 Å². The lowest BCUT2D eigenvalue weighted by atomic mass is 9.92. The maximum absolute atomic E-state index is 13.0. The first-order chi connectivity index (χ1) is 13.7. The number of imide groups is 1. The number of hydrazine groups is 1. The highest BCUT2D eigenvalue weighted by Crippen LogP contribution is 2.30. The molecule has 1 aliphatic rings. The molecule has 1 atom stereocenters. The van der Waals surface area contributed by atoms with E-state index in [9.17, 15) is 9.59 Å². The van der Waals surface area contributed by atoms with Crippen LogP contribution in [0.4, 0.5) is 10.5 Å². The Morgan fingerprint density at radius 3 is 2.48 bits per heavy atom. The van der Waals surface area contributed by atoms with Gasteiger partial charge in [-0.1, -0.05) is 38.1 Å². The van der Waals surface area contributed by atoms with E-state index in [0.29, 0.717) is 17.2 Å². The fraction of sp³-hybridized carbons (Fsp3) is 0.286. The predicted octanol–water partition coefficient (Wildman–Crippen LogP) is 3.49. The van der Waals surface area contributed by atoms with Gasteiger partial charge in [0.2, 0.25) is 0 Å². The molecule has 1 saturated heterocycles. The molecule has 8 heteroatoms. The third kappa shape index (κ3) is 4.17. The van der Waals surface area contributed by atoms with E-state index in [2.05, 4.69) is 29.9 Å². The monoisotopic (exact) mass is 412 g/mol. The Labute approximate surface area is 175 Å². The summed E-state index contributed by atoms with van der Waals surface area (Å²) in [6.45, 7) is 5.88. The highest BCUT2D eigenvalue weighted by atomic mass is 32.1. The lowest BCUT2D eigenvalue weighted by molar-refractivity contribution is -0.132. The highest BCUT2D eigenvalue weighted by molar-refractivity contribution is 7.80. The Balaban J connectivity index is 1.71. The van der Waals surface area contributed by atoms with Crippen molar-refractivity contribution in [3.63, 3.8) is 0 Å². The molecule has 152 valence electrons. The highest BCUT2D eigenvalue weighted by Gasteiger charge is 2.50. The number of nitrogens with zero attached hydrogens (tertiary/aromatic N) is 1. The zero-order valence-electron chi connectivity index (χ0n) is 16.8. The van der Waals surface area contributed by atoms with Crippen molar-refractivity contribution in [3.8, 4) is 5.75 Å². The van der Waals surface area contributed by atoms with Gasteiger partial charge in [-0.3, -0.25) is 10.2 Å². The van der Waals surface area contributed by atoms with Crippen molar-refractivity contribution in [3.05, 3.63) is 59.7 Å². The molecule has 0 unspecified atom stereocenters. The number of thiocarbonyl (C=S) groups is 1. The van der Waals surface area contributed by atoms with Gasteiger partial charge in [-0.05, 0) is 60.5 Å². The lowest BCUT2D eigenvalue weighted by Gasteiger charge is -2.23. The minimum atomic E-state index is -1.23. The van der Waals surface area contributed by atoms with Crippen LogP contribution in [0.25, 0.3) is 0 Å². The van der Waals surface area contributed by atoms with Gasteiger partial charge in [-0.2, -0.15) is 5.01 Å². The summed E-state index contributed by atoms with van der Waals surface area (Å²) in [4.78, 5) is 25.4.